The van der Waals surface area contributed by atoms with Crippen LogP contribution in [0.3, 0.4) is 0 Å². The van der Waals surface area contributed by atoms with Crippen molar-refractivity contribution in [2.45, 2.75) is 45.3 Å². The van der Waals surface area contributed by atoms with Gasteiger partial charge in [0.25, 0.3) is 0 Å². The molecule has 0 aliphatic heterocycles. The van der Waals surface area contributed by atoms with Gasteiger partial charge in [-0.2, -0.15) is 0 Å². The number of carbonyl (C=O) groups is 1. The number of aliphatic hydroxyl groups is 1. The molecule has 5 nitrogen and oxygen atoms in total. The molecule has 1 amide bonds. The molecule has 3 N–H and O–H groups in total. The Hall–Kier alpha value is -1.17. The minimum atomic E-state index is -0.363. The molecular formula is C14H22ClN3O2. The zero-order valence-corrected chi connectivity index (χ0v) is 12.7. The Labute approximate surface area is 124 Å². The lowest BCUT2D eigenvalue weighted by Gasteiger charge is -2.16. The maximum atomic E-state index is 11.8. The van der Waals surface area contributed by atoms with Crippen molar-refractivity contribution in [3.05, 3.63) is 23.5 Å². The molecule has 0 saturated carbocycles. The van der Waals surface area contributed by atoms with E-state index in [9.17, 15) is 9.90 Å². The Morgan fingerprint density at radius 1 is 1.55 bits per heavy atom. The van der Waals surface area contributed by atoms with Crippen molar-refractivity contribution in [2.24, 2.45) is 0 Å². The van der Waals surface area contributed by atoms with Crippen LogP contribution in [0.15, 0.2) is 18.3 Å². The first kappa shape index (κ1) is 16.9. The Balaban J connectivity index is 2.33. The van der Waals surface area contributed by atoms with E-state index < -0.39 is 0 Å². The summed E-state index contributed by atoms with van der Waals surface area (Å²) in [7, 11) is 0. The molecule has 0 fully saturated rings. The maximum absolute atomic E-state index is 11.8. The van der Waals surface area contributed by atoms with Gasteiger partial charge in [-0.3, -0.25) is 4.79 Å². The quantitative estimate of drug-likeness (QED) is 0.643. The third kappa shape index (κ3) is 6.32. The molecule has 2 atom stereocenters. The van der Waals surface area contributed by atoms with E-state index in [2.05, 4.69) is 15.6 Å². The predicted octanol–water partition coefficient (Wildman–Crippen LogP) is 2.20. The lowest BCUT2D eigenvalue weighted by Crippen LogP contribution is -2.36. The van der Waals surface area contributed by atoms with E-state index in [0.29, 0.717) is 18.7 Å². The third-order valence-electron chi connectivity index (χ3n) is 2.85. The molecule has 0 spiro atoms. The molecule has 1 heterocycles. The zero-order chi connectivity index (χ0) is 15.0. The lowest BCUT2D eigenvalue weighted by atomic mass is 10.2. The first-order valence-corrected chi connectivity index (χ1v) is 7.22. The topological polar surface area (TPSA) is 74.2 Å². The van der Waals surface area contributed by atoms with E-state index in [1.54, 1.807) is 18.3 Å². The fourth-order valence-electron chi connectivity index (χ4n) is 1.80. The summed E-state index contributed by atoms with van der Waals surface area (Å²) in [5.41, 5.74) is 0.511. The van der Waals surface area contributed by atoms with E-state index in [0.717, 1.165) is 12.8 Å². The summed E-state index contributed by atoms with van der Waals surface area (Å²) in [6.45, 7) is 4.43. The van der Waals surface area contributed by atoms with E-state index in [4.69, 9.17) is 11.6 Å². The molecule has 20 heavy (non-hydrogen) atoms. The molecule has 0 aliphatic rings. The third-order valence-corrected chi connectivity index (χ3v) is 3.15. The van der Waals surface area contributed by atoms with Crippen LogP contribution in [0.2, 0.25) is 5.15 Å². The van der Waals surface area contributed by atoms with Crippen molar-refractivity contribution < 1.29 is 9.90 Å². The van der Waals surface area contributed by atoms with Gasteiger partial charge in [-0.15, -0.1) is 0 Å². The molecule has 1 aromatic rings. The minimum absolute atomic E-state index is 0.0167. The van der Waals surface area contributed by atoms with Crippen molar-refractivity contribution in [1.82, 2.24) is 10.3 Å². The van der Waals surface area contributed by atoms with Crippen LogP contribution < -0.4 is 10.6 Å². The highest BCUT2D eigenvalue weighted by atomic mass is 35.5. The van der Waals surface area contributed by atoms with Crippen LogP contribution >= 0.6 is 11.6 Å². The standard InChI is InChI=1S/C14H22ClN3O2/c1-3-5-11(19)9-17-10(2)8-13(20)18-12-6-4-7-16-14(12)15/h4,6-7,10-11,17,19H,3,5,8-9H2,1-2H3,(H,18,20). The normalized spacial score (nSPS) is 13.8. The summed E-state index contributed by atoms with van der Waals surface area (Å²) in [6.07, 6.45) is 3.22. The summed E-state index contributed by atoms with van der Waals surface area (Å²) < 4.78 is 0. The highest BCUT2D eigenvalue weighted by Gasteiger charge is 2.12. The zero-order valence-electron chi connectivity index (χ0n) is 11.9. The number of hydrogen-bond donors (Lipinski definition) is 3. The van der Waals surface area contributed by atoms with Crippen LogP contribution in [0, 0.1) is 0 Å². The smallest absolute Gasteiger partial charge is 0.226 e. The van der Waals surface area contributed by atoms with Crippen LogP contribution in [0.5, 0.6) is 0 Å². The molecule has 1 aromatic heterocycles. The average molecular weight is 300 g/mol. The molecule has 6 heteroatoms. The van der Waals surface area contributed by atoms with Crippen LogP contribution in [0.1, 0.15) is 33.1 Å². The van der Waals surface area contributed by atoms with Gasteiger partial charge in [-0.25, -0.2) is 4.98 Å². The maximum Gasteiger partial charge on any atom is 0.226 e. The van der Waals surface area contributed by atoms with Gasteiger partial charge >= 0.3 is 0 Å². The number of nitrogens with zero attached hydrogens (tertiary/aromatic N) is 1. The Bertz CT molecular complexity index is 429. The predicted molar refractivity (Wildman–Crippen MR) is 80.9 cm³/mol. The van der Waals surface area contributed by atoms with Crippen molar-refractivity contribution >= 4 is 23.2 Å². The van der Waals surface area contributed by atoms with Crippen LogP contribution in [-0.2, 0) is 4.79 Å². The summed E-state index contributed by atoms with van der Waals surface area (Å²) in [5.74, 6) is -0.134. The second kappa shape index (κ2) is 8.89. The number of halogens is 1. The van der Waals surface area contributed by atoms with E-state index in [1.807, 2.05) is 13.8 Å². The van der Waals surface area contributed by atoms with Gasteiger partial charge in [0.1, 0.15) is 0 Å². The highest BCUT2D eigenvalue weighted by molar-refractivity contribution is 6.32. The van der Waals surface area contributed by atoms with Crippen molar-refractivity contribution in [2.75, 3.05) is 11.9 Å². The number of rotatable bonds is 8. The highest BCUT2D eigenvalue weighted by Crippen LogP contribution is 2.17. The molecule has 0 aliphatic carbocycles. The Morgan fingerprint density at radius 2 is 2.30 bits per heavy atom. The fraction of sp³-hybridized carbons (Fsp3) is 0.571. The number of nitrogens with one attached hydrogen (secondary N) is 2. The van der Waals surface area contributed by atoms with Gasteiger partial charge < -0.3 is 15.7 Å². The SMILES string of the molecule is CCCC(O)CNC(C)CC(=O)Nc1cccnc1Cl. The van der Waals surface area contributed by atoms with Gasteiger partial charge in [0.2, 0.25) is 5.91 Å². The van der Waals surface area contributed by atoms with Crippen LogP contribution in [0.4, 0.5) is 5.69 Å². The molecular weight excluding hydrogens is 278 g/mol. The van der Waals surface area contributed by atoms with E-state index in [1.165, 1.54) is 0 Å². The van der Waals surface area contributed by atoms with Gasteiger partial charge in [-0.05, 0) is 25.5 Å². The largest absolute Gasteiger partial charge is 0.392 e. The number of anilines is 1. The molecule has 112 valence electrons. The molecule has 0 saturated heterocycles. The van der Waals surface area contributed by atoms with Gasteiger partial charge in [-0.1, -0.05) is 24.9 Å². The average Bonchev–Trinajstić information content (AvgIpc) is 2.39. The lowest BCUT2D eigenvalue weighted by molar-refractivity contribution is -0.116. The van der Waals surface area contributed by atoms with E-state index in [-0.39, 0.29) is 23.2 Å². The van der Waals surface area contributed by atoms with Crippen molar-refractivity contribution in [3.63, 3.8) is 0 Å². The number of carbonyl (C=O) groups excluding carboxylic acids is 1. The summed E-state index contributed by atoms with van der Waals surface area (Å²) in [5, 5.41) is 15.7. The molecule has 1 rings (SSSR count). The monoisotopic (exact) mass is 299 g/mol. The Kier molecular flexibility index (Phi) is 7.51. The summed E-state index contributed by atoms with van der Waals surface area (Å²) >= 11 is 5.87. The van der Waals surface area contributed by atoms with Crippen molar-refractivity contribution in [1.29, 1.82) is 0 Å². The summed E-state index contributed by atoms with van der Waals surface area (Å²) in [4.78, 5) is 15.7. The molecule has 0 radical (unpaired) electrons. The van der Waals surface area contributed by atoms with Gasteiger partial charge in [0, 0.05) is 25.2 Å². The fourth-order valence-corrected chi connectivity index (χ4v) is 1.97. The van der Waals surface area contributed by atoms with Gasteiger partial charge in [0.05, 0.1) is 11.8 Å². The second-order valence-corrected chi connectivity index (χ2v) is 5.20. The molecule has 2 unspecified atom stereocenters. The van der Waals surface area contributed by atoms with E-state index >= 15 is 0 Å². The first-order chi connectivity index (χ1) is 9.52. The minimum Gasteiger partial charge on any atom is -0.392 e. The number of amides is 1. The number of aromatic nitrogens is 1. The molecule has 0 aromatic carbocycles. The molecule has 0 bridgehead atoms. The first-order valence-electron chi connectivity index (χ1n) is 6.84. The van der Waals surface area contributed by atoms with Crippen molar-refractivity contribution in [3.8, 4) is 0 Å². The number of hydrogen-bond acceptors (Lipinski definition) is 4. The number of aliphatic hydroxyl groups excluding tert-OH is 1. The second-order valence-electron chi connectivity index (χ2n) is 4.85. The summed E-state index contributed by atoms with van der Waals surface area (Å²) in [6, 6.07) is 3.40. The number of pyridine rings is 1. The van der Waals surface area contributed by atoms with Gasteiger partial charge in [0.15, 0.2) is 5.15 Å². The van der Waals surface area contributed by atoms with Crippen LogP contribution in [0.25, 0.3) is 0 Å². The van der Waals surface area contributed by atoms with Crippen LogP contribution in [-0.4, -0.2) is 34.7 Å². The Morgan fingerprint density at radius 3 is 2.95 bits per heavy atom.